The molecule has 0 heterocycles. The fourth-order valence-electron chi connectivity index (χ4n) is 2.62. The molecule has 0 saturated heterocycles. The first-order chi connectivity index (χ1) is 9.00. The van der Waals surface area contributed by atoms with Gasteiger partial charge in [0.25, 0.3) is 0 Å². The second kappa shape index (κ2) is 5.51. The third-order valence-electron chi connectivity index (χ3n) is 4.41. The zero-order valence-corrected chi connectivity index (χ0v) is 12.3. The van der Waals surface area contributed by atoms with Gasteiger partial charge in [0.1, 0.15) is 0 Å². The van der Waals surface area contributed by atoms with Crippen LogP contribution in [0.15, 0.2) is 24.3 Å². The molecule has 1 atom stereocenters. The molecule has 0 aromatic heterocycles. The fraction of sp³-hybridized carbons (Fsp3) is 0.533. The summed E-state index contributed by atoms with van der Waals surface area (Å²) in [6.07, 6.45) is 2.94. The van der Waals surface area contributed by atoms with Crippen molar-refractivity contribution in [3.8, 4) is 0 Å². The predicted octanol–water partition coefficient (Wildman–Crippen LogP) is 2.99. The van der Waals surface area contributed by atoms with Crippen molar-refractivity contribution in [3.05, 3.63) is 34.9 Å². The molecule has 0 aliphatic heterocycles. The van der Waals surface area contributed by atoms with Crippen LogP contribution in [-0.4, -0.2) is 24.4 Å². The smallest absolute Gasteiger partial charge is 0.230 e. The van der Waals surface area contributed by atoms with Gasteiger partial charge in [0.05, 0.1) is 11.5 Å². The summed E-state index contributed by atoms with van der Waals surface area (Å²) in [5.41, 5.74) is 6.58. The number of nitrogens with zero attached hydrogens (tertiary/aromatic N) is 1. The number of nitrogens with two attached hydrogens (primary N) is 1. The molecule has 0 spiro atoms. The minimum Gasteiger partial charge on any atom is -0.338 e. The maximum Gasteiger partial charge on any atom is 0.230 e. The van der Waals surface area contributed by atoms with Crippen molar-refractivity contribution in [1.82, 2.24) is 4.90 Å². The van der Waals surface area contributed by atoms with E-state index in [1.165, 1.54) is 0 Å². The third kappa shape index (κ3) is 2.63. The summed E-state index contributed by atoms with van der Waals surface area (Å²) in [6.45, 7) is 2.48. The first-order valence-corrected chi connectivity index (χ1v) is 7.11. The van der Waals surface area contributed by atoms with E-state index in [0.29, 0.717) is 11.6 Å². The Morgan fingerprint density at radius 1 is 1.42 bits per heavy atom. The third-order valence-corrected chi connectivity index (χ3v) is 4.66. The molecule has 0 radical (unpaired) electrons. The summed E-state index contributed by atoms with van der Waals surface area (Å²) in [6, 6.07) is 7.68. The van der Waals surface area contributed by atoms with Gasteiger partial charge in [-0.2, -0.15) is 0 Å². The molecule has 1 aliphatic carbocycles. The van der Waals surface area contributed by atoms with Crippen LogP contribution in [0.4, 0.5) is 0 Å². The number of benzene rings is 1. The fourth-order valence-corrected chi connectivity index (χ4v) is 2.75. The van der Waals surface area contributed by atoms with E-state index in [1.54, 1.807) is 0 Å². The minimum atomic E-state index is -0.310. The van der Waals surface area contributed by atoms with Crippen LogP contribution in [0.5, 0.6) is 0 Å². The average molecular weight is 281 g/mol. The summed E-state index contributed by atoms with van der Waals surface area (Å²) in [7, 11) is 1.86. The Bertz CT molecular complexity index is 448. The highest BCUT2D eigenvalue weighted by Crippen LogP contribution is 2.42. The van der Waals surface area contributed by atoms with Crippen molar-refractivity contribution >= 4 is 17.5 Å². The molecule has 1 aromatic carbocycles. The number of carbonyl (C=O) groups is 1. The van der Waals surface area contributed by atoms with Crippen molar-refractivity contribution in [2.24, 2.45) is 11.1 Å². The number of halogens is 1. The SMILES string of the molecule is CC(c1ccc(Cl)cc1)N(C)C(=O)C1(CN)CCC1. The van der Waals surface area contributed by atoms with E-state index in [9.17, 15) is 4.79 Å². The molecule has 104 valence electrons. The number of amides is 1. The standard InChI is InChI=1S/C15H21ClN2O/c1-11(12-4-6-13(16)7-5-12)18(2)14(19)15(10-17)8-3-9-15/h4-7,11H,3,8-10,17H2,1-2H3. The average Bonchev–Trinajstić information content (AvgIpc) is 2.37. The van der Waals surface area contributed by atoms with Gasteiger partial charge >= 0.3 is 0 Å². The van der Waals surface area contributed by atoms with E-state index < -0.39 is 0 Å². The Balaban J connectivity index is 2.12. The predicted molar refractivity (Wildman–Crippen MR) is 78.0 cm³/mol. The molecule has 1 fully saturated rings. The monoisotopic (exact) mass is 280 g/mol. The van der Waals surface area contributed by atoms with Crippen LogP contribution in [0, 0.1) is 5.41 Å². The Labute approximate surface area is 119 Å². The molecule has 2 rings (SSSR count). The van der Waals surface area contributed by atoms with Crippen LogP contribution in [0.2, 0.25) is 5.02 Å². The van der Waals surface area contributed by atoms with Gasteiger partial charge in [-0.15, -0.1) is 0 Å². The Morgan fingerprint density at radius 3 is 2.42 bits per heavy atom. The van der Waals surface area contributed by atoms with E-state index >= 15 is 0 Å². The maximum atomic E-state index is 12.6. The van der Waals surface area contributed by atoms with Crippen LogP contribution in [0.1, 0.15) is 37.8 Å². The molecule has 1 saturated carbocycles. The highest BCUT2D eigenvalue weighted by molar-refractivity contribution is 6.30. The summed E-state index contributed by atoms with van der Waals surface area (Å²) >= 11 is 5.89. The molecule has 1 unspecified atom stereocenters. The normalized spacial score (nSPS) is 18.5. The molecule has 19 heavy (non-hydrogen) atoms. The van der Waals surface area contributed by atoms with Gasteiger partial charge in [0.15, 0.2) is 0 Å². The lowest BCUT2D eigenvalue weighted by Crippen LogP contribution is -2.51. The van der Waals surface area contributed by atoms with Crippen molar-refractivity contribution in [3.63, 3.8) is 0 Å². The lowest BCUT2D eigenvalue weighted by atomic mass is 9.67. The van der Waals surface area contributed by atoms with Crippen LogP contribution < -0.4 is 5.73 Å². The van der Waals surface area contributed by atoms with Gasteiger partial charge in [-0.3, -0.25) is 4.79 Å². The molecule has 2 N–H and O–H groups in total. The number of carbonyl (C=O) groups excluding carboxylic acids is 1. The summed E-state index contributed by atoms with van der Waals surface area (Å²) in [5.74, 6) is 0.170. The minimum absolute atomic E-state index is 0.0359. The topological polar surface area (TPSA) is 46.3 Å². The van der Waals surface area contributed by atoms with Crippen LogP contribution in [0.3, 0.4) is 0 Å². The van der Waals surface area contributed by atoms with Crippen molar-refractivity contribution in [2.75, 3.05) is 13.6 Å². The first kappa shape index (κ1) is 14.4. The lowest BCUT2D eigenvalue weighted by molar-refractivity contribution is -0.147. The first-order valence-electron chi connectivity index (χ1n) is 6.73. The van der Waals surface area contributed by atoms with Crippen LogP contribution in [0.25, 0.3) is 0 Å². The van der Waals surface area contributed by atoms with Gasteiger partial charge in [-0.05, 0) is 37.5 Å². The van der Waals surface area contributed by atoms with E-state index in [-0.39, 0.29) is 17.4 Å². The molecule has 4 heteroatoms. The van der Waals surface area contributed by atoms with Crippen molar-refractivity contribution < 1.29 is 4.79 Å². The van der Waals surface area contributed by atoms with Crippen molar-refractivity contribution in [1.29, 1.82) is 0 Å². The quantitative estimate of drug-likeness (QED) is 0.922. The van der Waals surface area contributed by atoms with Crippen molar-refractivity contribution in [2.45, 2.75) is 32.2 Å². The molecule has 0 bridgehead atoms. The molecule has 1 amide bonds. The van der Waals surface area contributed by atoms with Gasteiger partial charge in [-0.1, -0.05) is 30.2 Å². The Kier molecular flexibility index (Phi) is 4.16. The van der Waals surface area contributed by atoms with E-state index in [2.05, 4.69) is 0 Å². The van der Waals surface area contributed by atoms with E-state index in [0.717, 1.165) is 24.8 Å². The van der Waals surface area contributed by atoms with E-state index in [1.807, 2.05) is 43.1 Å². The second-order valence-electron chi connectivity index (χ2n) is 5.48. The second-order valence-corrected chi connectivity index (χ2v) is 5.92. The van der Waals surface area contributed by atoms with Crippen LogP contribution in [-0.2, 0) is 4.79 Å². The highest BCUT2D eigenvalue weighted by Gasteiger charge is 2.45. The number of hydrogen-bond donors (Lipinski definition) is 1. The summed E-state index contributed by atoms with van der Waals surface area (Å²) in [4.78, 5) is 14.4. The molecular formula is C15H21ClN2O. The molecule has 1 aliphatic rings. The summed E-state index contributed by atoms with van der Waals surface area (Å²) < 4.78 is 0. The Morgan fingerprint density at radius 2 is 2.00 bits per heavy atom. The van der Waals surface area contributed by atoms with E-state index in [4.69, 9.17) is 17.3 Å². The molecule has 1 aromatic rings. The zero-order chi connectivity index (χ0) is 14.0. The largest absolute Gasteiger partial charge is 0.338 e. The van der Waals surface area contributed by atoms with Crippen LogP contribution >= 0.6 is 11.6 Å². The summed E-state index contributed by atoms with van der Waals surface area (Å²) in [5, 5.41) is 0.711. The maximum absolute atomic E-state index is 12.6. The molecule has 3 nitrogen and oxygen atoms in total. The molecular weight excluding hydrogens is 260 g/mol. The van der Waals surface area contributed by atoms with Gasteiger partial charge in [0.2, 0.25) is 5.91 Å². The van der Waals surface area contributed by atoms with Gasteiger partial charge < -0.3 is 10.6 Å². The zero-order valence-electron chi connectivity index (χ0n) is 11.5. The number of rotatable bonds is 4. The highest BCUT2D eigenvalue weighted by atomic mass is 35.5. The lowest BCUT2D eigenvalue weighted by Gasteiger charge is -2.43. The van der Waals surface area contributed by atoms with Gasteiger partial charge in [0, 0.05) is 18.6 Å². The number of hydrogen-bond acceptors (Lipinski definition) is 2. The Hall–Kier alpha value is -1.06. The van der Waals surface area contributed by atoms with Gasteiger partial charge in [-0.25, -0.2) is 0 Å².